The van der Waals surface area contributed by atoms with Gasteiger partial charge in [0.2, 0.25) is 0 Å². The van der Waals surface area contributed by atoms with Crippen LogP contribution < -0.4 is 15.4 Å². The van der Waals surface area contributed by atoms with Gasteiger partial charge in [-0.15, -0.1) is 0 Å². The van der Waals surface area contributed by atoms with Gasteiger partial charge in [0.15, 0.2) is 6.10 Å². The Kier molecular flexibility index (Phi) is 3.52. The maximum absolute atomic E-state index is 12.6. The minimum absolute atomic E-state index is 0.00127. The molecule has 0 bridgehead atoms. The summed E-state index contributed by atoms with van der Waals surface area (Å²) < 4.78 is 5.89. The van der Waals surface area contributed by atoms with Crippen LogP contribution in [0.4, 0.5) is 11.4 Å². The second kappa shape index (κ2) is 5.48. The quantitative estimate of drug-likeness (QED) is 0.880. The number of amides is 1. The van der Waals surface area contributed by atoms with Gasteiger partial charge in [-0.25, -0.2) is 0 Å². The van der Waals surface area contributed by atoms with Crippen LogP contribution in [0.15, 0.2) is 48.5 Å². The van der Waals surface area contributed by atoms with Gasteiger partial charge in [0.25, 0.3) is 5.91 Å². The van der Waals surface area contributed by atoms with E-state index in [1.54, 1.807) is 17.0 Å². The van der Waals surface area contributed by atoms with Crippen molar-refractivity contribution in [1.82, 2.24) is 0 Å². The largest absolute Gasteiger partial charge is 0.478 e. The molecule has 2 N–H and O–H groups in total. The Bertz CT molecular complexity index is 655. The Balaban J connectivity index is 1.92. The standard InChI is InChI=1S/C17H18N2O2/c1-2-19-14-9-8-13(18)11-15(14)21-16(17(19)20)10-12-6-4-3-5-7-12/h3-9,11,16H,2,10,18H2,1H3. The van der Waals surface area contributed by atoms with E-state index >= 15 is 0 Å². The van der Waals surface area contributed by atoms with Crippen LogP contribution in [0, 0.1) is 0 Å². The van der Waals surface area contributed by atoms with E-state index in [1.807, 2.05) is 43.3 Å². The summed E-state index contributed by atoms with van der Waals surface area (Å²) >= 11 is 0. The van der Waals surface area contributed by atoms with Crippen molar-refractivity contribution in [1.29, 1.82) is 0 Å². The maximum atomic E-state index is 12.6. The first-order chi connectivity index (χ1) is 10.2. The molecule has 4 nitrogen and oxygen atoms in total. The number of nitrogens with zero attached hydrogens (tertiary/aromatic N) is 1. The van der Waals surface area contributed by atoms with Crippen LogP contribution in [0.25, 0.3) is 0 Å². The summed E-state index contributed by atoms with van der Waals surface area (Å²) in [6.07, 6.45) is 0.0615. The molecule has 4 heteroatoms. The Morgan fingerprint density at radius 1 is 1.19 bits per heavy atom. The predicted octanol–water partition coefficient (Wildman–Crippen LogP) is 2.63. The third-order valence-electron chi connectivity index (χ3n) is 3.67. The summed E-state index contributed by atoms with van der Waals surface area (Å²) in [6, 6.07) is 15.3. The molecule has 1 atom stereocenters. The Morgan fingerprint density at radius 3 is 2.67 bits per heavy atom. The van der Waals surface area contributed by atoms with Crippen molar-refractivity contribution in [3.8, 4) is 5.75 Å². The Hall–Kier alpha value is -2.49. The molecule has 1 aliphatic heterocycles. The lowest BCUT2D eigenvalue weighted by atomic mass is 10.0. The third-order valence-corrected chi connectivity index (χ3v) is 3.67. The van der Waals surface area contributed by atoms with Crippen LogP contribution in [-0.2, 0) is 11.2 Å². The van der Waals surface area contributed by atoms with Crippen molar-refractivity contribution in [2.24, 2.45) is 0 Å². The first kappa shape index (κ1) is 13.5. The number of hydrogen-bond donors (Lipinski definition) is 1. The molecule has 0 fully saturated rings. The first-order valence-electron chi connectivity index (χ1n) is 7.10. The molecule has 3 rings (SSSR count). The molecule has 1 heterocycles. The maximum Gasteiger partial charge on any atom is 0.268 e. The number of benzene rings is 2. The topological polar surface area (TPSA) is 55.6 Å². The van der Waals surface area contributed by atoms with Gasteiger partial charge in [-0.05, 0) is 24.6 Å². The average Bonchev–Trinajstić information content (AvgIpc) is 2.49. The smallest absolute Gasteiger partial charge is 0.268 e. The minimum Gasteiger partial charge on any atom is -0.478 e. The van der Waals surface area contributed by atoms with Gasteiger partial charge >= 0.3 is 0 Å². The fourth-order valence-corrected chi connectivity index (χ4v) is 2.63. The van der Waals surface area contributed by atoms with Crippen LogP contribution in [0.2, 0.25) is 0 Å². The van der Waals surface area contributed by atoms with E-state index in [2.05, 4.69) is 0 Å². The van der Waals surface area contributed by atoms with Crippen LogP contribution in [0.3, 0.4) is 0 Å². The first-order valence-corrected chi connectivity index (χ1v) is 7.10. The highest BCUT2D eigenvalue weighted by Crippen LogP contribution is 2.36. The zero-order valence-corrected chi connectivity index (χ0v) is 12.0. The number of hydrogen-bond acceptors (Lipinski definition) is 3. The number of fused-ring (bicyclic) bond motifs is 1. The molecule has 108 valence electrons. The van der Waals surface area contributed by atoms with Crippen molar-refractivity contribution >= 4 is 17.3 Å². The molecule has 0 saturated heterocycles. The molecule has 0 spiro atoms. The minimum atomic E-state index is -0.498. The molecule has 1 amide bonds. The monoisotopic (exact) mass is 282 g/mol. The lowest BCUT2D eigenvalue weighted by Gasteiger charge is -2.34. The van der Waals surface area contributed by atoms with Crippen LogP contribution in [0.1, 0.15) is 12.5 Å². The van der Waals surface area contributed by atoms with Gasteiger partial charge in [0.05, 0.1) is 5.69 Å². The highest BCUT2D eigenvalue weighted by molar-refractivity contribution is 6.00. The van der Waals surface area contributed by atoms with Crippen LogP contribution >= 0.6 is 0 Å². The number of nitrogens with two attached hydrogens (primary N) is 1. The number of carbonyl (C=O) groups is 1. The summed E-state index contributed by atoms with van der Waals surface area (Å²) in [4.78, 5) is 14.3. The molecule has 0 saturated carbocycles. The molecule has 2 aromatic rings. The molecular formula is C17H18N2O2. The number of carbonyl (C=O) groups excluding carboxylic acids is 1. The zero-order valence-electron chi connectivity index (χ0n) is 12.0. The van der Waals surface area contributed by atoms with Gasteiger partial charge in [-0.3, -0.25) is 4.79 Å². The van der Waals surface area contributed by atoms with Gasteiger partial charge in [-0.2, -0.15) is 0 Å². The summed E-state index contributed by atoms with van der Waals surface area (Å²) in [5.74, 6) is 0.677. The third kappa shape index (κ3) is 2.57. The molecule has 1 unspecified atom stereocenters. The van der Waals surface area contributed by atoms with E-state index in [-0.39, 0.29) is 5.91 Å². The number of rotatable bonds is 3. The molecule has 2 aromatic carbocycles. The normalized spacial score (nSPS) is 17.3. The predicted molar refractivity (Wildman–Crippen MR) is 83.4 cm³/mol. The van der Waals surface area contributed by atoms with Crippen molar-refractivity contribution in [3.63, 3.8) is 0 Å². The van der Waals surface area contributed by atoms with Gasteiger partial charge < -0.3 is 15.4 Å². The van der Waals surface area contributed by atoms with Crippen LogP contribution in [0.5, 0.6) is 5.75 Å². The van der Waals surface area contributed by atoms with E-state index < -0.39 is 6.10 Å². The lowest BCUT2D eigenvalue weighted by molar-refractivity contribution is -0.126. The lowest BCUT2D eigenvalue weighted by Crippen LogP contribution is -2.46. The van der Waals surface area contributed by atoms with E-state index in [0.29, 0.717) is 24.4 Å². The van der Waals surface area contributed by atoms with Gasteiger partial charge in [-0.1, -0.05) is 30.3 Å². The second-order valence-electron chi connectivity index (χ2n) is 5.11. The number of nitrogen functional groups attached to an aromatic ring is 1. The number of ether oxygens (including phenoxy) is 1. The van der Waals surface area contributed by atoms with Gasteiger partial charge in [0, 0.05) is 24.7 Å². The van der Waals surface area contributed by atoms with Crippen molar-refractivity contribution < 1.29 is 9.53 Å². The van der Waals surface area contributed by atoms with Crippen LogP contribution in [-0.4, -0.2) is 18.6 Å². The summed E-state index contributed by atoms with van der Waals surface area (Å²) in [6.45, 7) is 2.58. The highest BCUT2D eigenvalue weighted by Gasteiger charge is 2.33. The van der Waals surface area contributed by atoms with Crippen molar-refractivity contribution in [2.45, 2.75) is 19.4 Å². The second-order valence-corrected chi connectivity index (χ2v) is 5.11. The fraction of sp³-hybridized carbons (Fsp3) is 0.235. The SMILES string of the molecule is CCN1C(=O)C(Cc2ccccc2)Oc2cc(N)ccc21. The highest BCUT2D eigenvalue weighted by atomic mass is 16.5. The van der Waals surface area contributed by atoms with Crippen molar-refractivity contribution in [3.05, 3.63) is 54.1 Å². The summed E-state index contributed by atoms with van der Waals surface area (Å²) in [5, 5.41) is 0. The van der Waals surface area contributed by atoms with E-state index in [4.69, 9.17) is 10.5 Å². The Labute approximate surface area is 124 Å². The van der Waals surface area contributed by atoms with Crippen molar-refractivity contribution in [2.75, 3.05) is 17.2 Å². The number of likely N-dealkylation sites (N-methyl/N-ethyl adjacent to an activating group) is 1. The van der Waals surface area contributed by atoms with E-state index in [0.717, 1.165) is 11.3 Å². The molecule has 0 aromatic heterocycles. The average molecular weight is 282 g/mol. The zero-order chi connectivity index (χ0) is 14.8. The van der Waals surface area contributed by atoms with E-state index in [1.165, 1.54) is 0 Å². The number of anilines is 2. The molecule has 0 aliphatic carbocycles. The summed E-state index contributed by atoms with van der Waals surface area (Å²) in [7, 11) is 0. The summed E-state index contributed by atoms with van der Waals surface area (Å²) in [5.41, 5.74) is 8.33. The molecular weight excluding hydrogens is 264 g/mol. The Morgan fingerprint density at radius 2 is 1.95 bits per heavy atom. The van der Waals surface area contributed by atoms with E-state index in [9.17, 15) is 4.79 Å². The molecule has 21 heavy (non-hydrogen) atoms. The molecule has 1 aliphatic rings. The molecule has 0 radical (unpaired) electrons. The van der Waals surface area contributed by atoms with Gasteiger partial charge in [0.1, 0.15) is 5.75 Å². The fourth-order valence-electron chi connectivity index (χ4n) is 2.63.